The van der Waals surface area contributed by atoms with Gasteiger partial charge in [0.05, 0.1) is 7.11 Å². The van der Waals surface area contributed by atoms with Gasteiger partial charge in [-0.3, -0.25) is 19.2 Å². The molecule has 2 aliphatic heterocycles. The van der Waals surface area contributed by atoms with Crippen LogP contribution in [-0.2, 0) is 25.5 Å². The van der Waals surface area contributed by atoms with Gasteiger partial charge in [0, 0.05) is 17.5 Å². The number of methoxy groups -OCH3 is 1. The molecular weight excluding hydrogens is 669 g/mol. The Kier molecular flexibility index (Phi) is 11.5. The molecule has 1 saturated heterocycles. The molecule has 0 radical (unpaired) electrons. The number of Topliss-reactive ketones (excluding diaryl/α,β-unsaturated/α-hetero) is 1. The number of carbonyl (C=O) groups excluding carboxylic acids is 4. The van der Waals surface area contributed by atoms with Gasteiger partial charge in [0.25, 0.3) is 0 Å². The smallest absolute Gasteiger partial charge is 0.664 e. The molecule has 0 N–H and O–H groups in total. The van der Waals surface area contributed by atoms with Gasteiger partial charge in [0.1, 0.15) is 18.8 Å². The van der Waals surface area contributed by atoms with E-state index in [2.05, 4.69) is 13.5 Å². The van der Waals surface area contributed by atoms with Gasteiger partial charge in [0.15, 0.2) is 5.78 Å². The number of hydrogen-bond donors (Lipinski definition) is 0. The van der Waals surface area contributed by atoms with Gasteiger partial charge >= 0.3 is 35.0 Å². The number of allylic oxidation sites excluding steroid dienone is 3. The molecule has 3 aliphatic rings. The van der Waals surface area contributed by atoms with Gasteiger partial charge in [-0.1, -0.05) is 79.5 Å². The summed E-state index contributed by atoms with van der Waals surface area (Å²) in [6, 6.07) is 0. The summed E-state index contributed by atoms with van der Waals surface area (Å²) in [6.07, 6.45) is 11.8. The number of esters is 2. The first-order valence-corrected chi connectivity index (χ1v) is 17.4. The van der Waals surface area contributed by atoms with Crippen LogP contribution in [0.1, 0.15) is 113 Å². The maximum atomic E-state index is 14.2. The Bertz CT molecular complexity index is 2210. The fourth-order valence-corrected chi connectivity index (χ4v) is 7.39. The average molecular weight is 711 g/mol. The van der Waals surface area contributed by atoms with Gasteiger partial charge in [-0.2, -0.15) is 11.4 Å². The van der Waals surface area contributed by atoms with Crippen molar-refractivity contribution in [3.63, 3.8) is 0 Å². The molecule has 8 bridgehead atoms. The van der Waals surface area contributed by atoms with Crippen molar-refractivity contribution < 1.29 is 28.7 Å². The molecule has 11 heteroatoms. The third-order valence-corrected chi connectivity index (χ3v) is 10.5. The van der Waals surface area contributed by atoms with Crippen LogP contribution >= 0.6 is 0 Å². The number of nitrogens with zero attached hydrogens (tertiary/aromatic N) is 4. The predicted molar refractivity (Wildman–Crippen MR) is 201 cm³/mol. The Morgan fingerprint density at radius 3 is 2.35 bits per heavy atom. The minimum atomic E-state index is -1.27. The van der Waals surface area contributed by atoms with Gasteiger partial charge < -0.3 is 29.7 Å². The van der Waals surface area contributed by atoms with Crippen molar-refractivity contribution in [3.8, 4) is 0 Å². The molecule has 1 fully saturated rings. The topological polar surface area (TPSA) is 143 Å². The first-order chi connectivity index (χ1) is 24.5. The van der Waals surface area contributed by atoms with Crippen LogP contribution < -0.4 is 25.7 Å². The van der Waals surface area contributed by atoms with E-state index < -0.39 is 23.6 Å². The van der Waals surface area contributed by atoms with E-state index in [4.69, 9.17) is 29.7 Å². The molecule has 0 aromatic carbocycles. The fraction of sp³-hybridized carbons (Fsp3) is 0.366. The molecule has 5 heterocycles. The average Bonchev–Trinajstić information content (AvgIpc) is 3.87. The largest absolute Gasteiger partial charge is 2.00 e. The Morgan fingerprint density at radius 1 is 0.981 bits per heavy atom. The van der Waals surface area contributed by atoms with Crippen LogP contribution in [0.5, 0.6) is 0 Å². The summed E-state index contributed by atoms with van der Waals surface area (Å²) in [5, 5.41) is 6.50. The van der Waals surface area contributed by atoms with Crippen molar-refractivity contribution in [1.29, 1.82) is 0 Å². The van der Waals surface area contributed by atoms with Crippen molar-refractivity contribution in [2.45, 2.75) is 67.2 Å². The molecule has 0 saturated carbocycles. The summed E-state index contributed by atoms with van der Waals surface area (Å²) in [7, 11) is 1.25. The van der Waals surface area contributed by atoms with Crippen LogP contribution in [0, 0.1) is 31.6 Å². The standard InChI is InChI=1S/C41H44N4O6.Mg/c1-9-20(4)14-15-51-34(47)13-12-26-22(6)29-17-33-27(19-46)25(11-3)32(43-33)16-28-21(5)24(10-2)31(42-28)18-30-23(7)35-39(45-30)36(38(26)44-29)37(40(35)48)41(49)50-8;/h11,14,16-19,22,26,37H,3,9-10,12-13,15H2,1-2,4-8H3,(H2-,43,44,45,46,48);/q-2;+2/p-2/b20-14+,28-16-,31-18-;/t22-,26-,37+;/m0./s1. The molecule has 266 valence electrons. The summed E-state index contributed by atoms with van der Waals surface area (Å²) in [4.78, 5) is 67.9. The van der Waals surface area contributed by atoms with Gasteiger partial charge in [-0.25, -0.2) is 0 Å². The van der Waals surface area contributed by atoms with Gasteiger partial charge in [-0.15, -0.1) is 33.5 Å². The number of fused-ring (bicyclic) bond motifs is 7. The predicted octanol–water partition coefficient (Wildman–Crippen LogP) is 4.84. The Hall–Kier alpha value is -4.61. The van der Waals surface area contributed by atoms with E-state index in [-0.39, 0.29) is 48.0 Å². The zero-order valence-corrected chi connectivity index (χ0v) is 32.3. The minimum absolute atomic E-state index is 0. The van der Waals surface area contributed by atoms with Crippen LogP contribution in [0.15, 0.2) is 29.6 Å². The van der Waals surface area contributed by atoms with E-state index in [9.17, 15) is 19.2 Å². The van der Waals surface area contributed by atoms with Crippen molar-refractivity contribution in [3.05, 3.63) is 102 Å². The number of aromatic nitrogens is 3. The molecule has 52 heavy (non-hydrogen) atoms. The van der Waals surface area contributed by atoms with E-state index in [1.54, 1.807) is 12.2 Å². The summed E-state index contributed by atoms with van der Waals surface area (Å²) >= 11 is 0. The number of ether oxygens (including phenoxy) is 2. The minimum Gasteiger partial charge on any atom is -0.664 e. The quantitative estimate of drug-likeness (QED) is 0.0950. The van der Waals surface area contributed by atoms with Gasteiger partial charge in [0.2, 0.25) is 0 Å². The van der Waals surface area contributed by atoms with Crippen LogP contribution in [-0.4, -0.2) is 60.8 Å². The maximum absolute atomic E-state index is 14.2. The molecule has 3 aromatic rings. The van der Waals surface area contributed by atoms with Crippen LogP contribution in [0.2, 0.25) is 0 Å². The second-order valence-electron chi connectivity index (χ2n) is 13.3. The van der Waals surface area contributed by atoms with Crippen LogP contribution in [0.3, 0.4) is 0 Å². The Labute approximate surface area is 319 Å². The first kappa shape index (κ1) is 38.6. The number of hydrogen-bond acceptors (Lipinski definition) is 6. The Morgan fingerprint density at radius 2 is 1.69 bits per heavy atom. The molecule has 10 nitrogen and oxygen atoms in total. The summed E-state index contributed by atoms with van der Waals surface area (Å²) in [6.45, 7) is 16.0. The van der Waals surface area contributed by atoms with E-state index in [1.165, 1.54) is 7.11 Å². The second kappa shape index (κ2) is 15.6. The molecule has 0 amide bonds. The van der Waals surface area contributed by atoms with E-state index in [0.717, 1.165) is 29.4 Å². The summed E-state index contributed by atoms with van der Waals surface area (Å²) < 4.78 is 10.7. The summed E-state index contributed by atoms with van der Waals surface area (Å²) in [5.41, 5.74) is 8.43. The zero-order chi connectivity index (χ0) is 36.7. The zero-order valence-electron chi connectivity index (χ0n) is 30.9. The van der Waals surface area contributed by atoms with Crippen molar-refractivity contribution in [2.24, 2.45) is 17.8 Å². The molecule has 3 aromatic heterocycles. The monoisotopic (exact) mass is 710 g/mol. The molecule has 0 unspecified atom stereocenters. The van der Waals surface area contributed by atoms with Crippen molar-refractivity contribution >= 4 is 76.9 Å². The molecule has 0 spiro atoms. The van der Waals surface area contributed by atoms with Gasteiger partial charge in [-0.05, 0) is 63.5 Å². The first-order valence-electron chi connectivity index (χ1n) is 17.4. The number of carbonyl (C=O) groups is 4. The second-order valence-corrected chi connectivity index (χ2v) is 13.3. The van der Waals surface area contributed by atoms with Crippen LogP contribution in [0.4, 0.5) is 0 Å². The summed E-state index contributed by atoms with van der Waals surface area (Å²) in [5.74, 6) is -3.44. The van der Waals surface area contributed by atoms with E-state index in [0.29, 0.717) is 85.5 Å². The maximum Gasteiger partial charge on any atom is 2.00 e. The Balaban J connectivity index is 0.00000523. The van der Waals surface area contributed by atoms with E-state index in [1.807, 2.05) is 52.8 Å². The third kappa shape index (κ3) is 6.60. The fourth-order valence-electron chi connectivity index (χ4n) is 7.39. The molecule has 6 rings (SSSR count). The number of rotatable bonds is 10. The van der Waals surface area contributed by atoms with Crippen molar-refractivity contribution in [1.82, 2.24) is 15.0 Å². The third-order valence-electron chi connectivity index (χ3n) is 10.5. The molecule has 3 atom stereocenters. The van der Waals surface area contributed by atoms with Crippen molar-refractivity contribution in [2.75, 3.05) is 13.7 Å². The number of ketones is 1. The molecule has 1 aliphatic carbocycles. The number of aldehydes is 1. The van der Waals surface area contributed by atoms with E-state index >= 15 is 0 Å². The normalized spacial score (nSPS) is 22.6. The SMILES string of the molecule is C=Cc1c2[n-]c(c1C=O)/C=C1\[N-]/C(=C3\c4[n-]c(c(C)c4C(=O)[C@@H]3C(=O)OC)/C=c3\[n-]/c(c(C)c3CC)=C\2)[C@@H](CCC(=O)OC/C=C(\C)CC)[C@@H]1C.[Mg+2]. The molecular formula is C41H42MgN4O6-2. The van der Waals surface area contributed by atoms with Crippen LogP contribution in [0.25, 0.3) is 35.2 Å².